The van der Waals surface area contributed by atoms with Gasteiger partial charge in [-0.15, -0.1) is 5.10 Å². The van der Waals surface area contributed by atoms with Crippen LogP contribution < -0.4 is 9.75 Å². The predicted molar refractivity (Wildman–Crippen MR) is 158 cm³/mol. The van der Waals surface area contributed by atoms with Crippen molar-refractivity contribution < 1.29 is 24.3 Å². The molecule has 4 aromatic rings. The quantitative estimate of drug-likeness (QED) is 0.109. The van der Waals surface area contributed by atoms with Crippen molar-refractivity contribution in [1.82, 2.24) is 0 Å². The first kappa shape index (κ1) is 26.9. The largest absolute Gasteiger partial charge is 0.507 e. The zero-order valence-corrected chi connectivity index (χ0v) is 22.0. The number of carbonyl (C=O) groups excluding carboxylic acids is 1. The lowest BCUT2D eigenvalue weighted by molar-refractivity contribution is -0.384. The molecule has 9 heteroatoms. The Morgan fingerprint density at radius 3 is 2.24 bits per heavy atom. The lowest BCUT2D eigenvalue weighted by Gasteiger charge is -2.10. The van der Waals surface area contributed by atoms with E-state index in [1.54, 1.807) is 25.1 Å². The van der Waals surface area contributed by atoms with E-state index < -0.39 is 10.8 Å². The number of hydrazone groups is 1. The number of phenolic OH excluding ortho intramolecular Hbond substituents is 1. The molecule has 41 heavy (non-hydrogen) atoms. The summed E-state index contributed by atoms with van der Waals surface area (Å²) in [5.74, 6) is 1.07. The lowest BCUT2D eigenvalue weighted by atomic mass is 10.0. The number of amides is 1. The van der Waals surface area contributed by atoms with Gasteiger partial charge in [-0.3, -0.25) is 14.9 Å². The summed E-state index contributed by atoms with van der Waals surface area (Å²) in [5, 5.41) is 26.9. The molecule has 4 aromatic carbocycles. The van der Waals surface area contributed by atoms with Crippen molar-refractivity contribution in [3.05, 3.63) is 129 Å². The maximum atomic E-state index is 13.3. The second-order valence-electron chi connectivity index (χ2n) is 8.92. The van der Waals surface area contributed by atoms with E-state index in [0.717, 1.165) is 27.6 Å². The van der Waals surface area contributed by atoms with Gasteiger partial charge in [0.2, 0.25) is 5.90 Å². The van der Waals surface area contributed by atoms with E-state index in [1.165, 1.54) is 30.3 Å². The number of ether oxygens (including phenoxy) is 2. The van der Waals surface area contributed by atoms with Crippen molar-refractivity contribution in [3.63, 3.8) is 0 Å². The van der Waals surface area contributed by atoms with Gasteiger partial charge in [0, 0.05) is 17.7 Å². The van der Waals surface area contributed by atoms with E-state index in [9.17, 15) is 20.0 Å². The summed E-state index contributed by atoms with van der Waals surface area (Å²) >= 11 is 0. The van der Waals surface area contributed by atoms with Crippen molar-refractivity contribution >= 4 is 41.4 Å². The van der Waals surface area contributed by atoms with Crippen LogP contribution in [0.1, 0.15) is 23.6 Å². The Bertz CT molecular complexity index is 1660. The monoisotopic (exact) mass is 547 g/mol. The van der Waals surface area contributed by atoms with Crippen molar-refractivity contribution in [2.24, 2.45) is 5.10 Å². The van der Waals surface area contributed by atoms with E-state index in [4.69, 9.17) is 9.47 Å². The molecule has 0 spiro atoms. The van der Waals surface area contributed by atoms with E-state index in [1.807, 2.05) is 66.7 Å². The van der Waals surface area contributed by atoms with E-state index in [-0.39, 0.29) is 29.5 Å². The van der Waals surface area contributed by atoms with Gasteiger partial charge in [0.25, 0.3) is 11.6 Å². The van der Waals surface area contributed by atoms with Gasteiger partial charge in [-0.2, -0.15) is 5.01 Å². The number of para-hydroxylation sites is 1. The Labute approximate surface area is 236 Å². The van der Waals surface area contributed by atoms with Crippen LogP contribution in [0.15, 0.2) is 108 Å². The van der Waals surface area contributed by atoms with Crippen LogP contribution in [0.3, 0.4) is 0 Å². The van der Waals surface area contributed by atoms with Crippen molar-refractivity contribution in [2.75, 3.05) is 11.6 Å². The molecule has 0 radical (unpaired) electrons. The number of non-ortho nitro benzene ring substituents is 1. The second kappa shape index (κ2) is 12.0. The minimum atomic E-state index is -0.518. The van der Waals surface area contributed by atoms with Crippen LogP contribution in [0.2, 0.25) is 0 Å². The van der Waals surface area contributed by atoms with E-state index >= 15 is 0 Å². The molecule has 0 aromatic heterocycles. The normalized spacial score (nSPS) is 14.0. The smallest absolute Gasteiger partial charge is 0.284 e. The second-order valence-corrected chi connectivity index (χ2v) is 8.92. The van der Waals surface area contributed by atoms with Gasteiger partial charge in [-0.1, -0.05) is 48.6 Å². The molecule has 5 rings (SSSR count). The number of hydrogen-bond acceptors (Lipinski definition) is 7. The molecule has 0 fully saturated rings. The molecule has 0 bridgehead atoms. The molecule has 9 nitrogen and oxygen atoms in total. The van der Waals surface area contributed by atoms with E-state index in [2.05, 4.69) is 5.10 Å². The minimum absolute atomic E-state index is 0.0190. The van der Waals surface area contributed by atoms with Crippen LogP contribution in [-0.4, -0.2) is 28.4 Å². The zero-order valence-electron chi connectivity index (χ0n) is 22.0. The van der Waals surface area contributed by atoms with Gasteiger partial charge in [0.15, 0.2) is 0 Å². The molecule has 0 saturated heterocycles. The topological polar surface area (TPSA) is 114 Å². The molecule has 1 aliphatic heterocycles. The molecule has 1 aliphatic rings. The SMILES string of the molecule is CCOC1=NN(c2ccc([N+](=O)[O-])cc2)C(=O)/C1=C/c1cc(/C=C/c2ccc(Oc3ccccc3)cc2)ccc1O. The first-order valence-corrected chi connectivity index (χ1v) is 12.8. The maximum Gasteiger partial charge on any atom is 0.284 e. The number of nitro benzene ring substituents is 1. The third-order valence-electron chi connectivity index (χ3n) is 6.11. The highest BCUT2D eigenvalue weighted by Gasteiger charge is 2.33. The third-order valence-corrected chi connectivity index (χ3v) is 6.11. The highest BCUT2D eigenvalue weighted by molar-refractivity contribution is 6.30. The van der Waals surface area contributed by atoms with Gasteiger partial charge in [0.1, 0.15) is 22.8 Å². The molecule has 0 aliphatic carbocycles. The van der Waals surface area contributed by atoms with Crippen LogP contribution in [0.5, 0.6) is 17.2 Å². The number of carbonyl (C=O) groups is 1. The number of hydrogen-bond donors (Lipinski definition) is 1. The lowest BCUT2D eigenvalue weighted by Crippen LogP contribution is -2.21. The van der Waals surface area contributed by atoms with Gasteiger partial charge < -0.3 is 14.6 Å². The van der Waals surface area contributed by atoms with Gasteiger partial charge in [-0.05, 0) is 72.7 Å². The maximum absolute atomic E-state index is 13.3. The van der Waals surface area contributed by atoms with Gasteiger partial charge in [0.05, 0.1) is 17.2 Å². The van der Waals surface area contributed by atoms with Crippen LogP contribution in [0.25, 0.3) is 18.2 Å². The van der Waals surface area contributed by atoms with Crippen molar-refractivity contribution in [2.45, 2.75) is 6.92 Å². The average molecular weight is 548 g/mol. The van der Waals surface area contributed by atoms with Crippen molar-refractivity contribution in [1.29, 1.82) is 0 Å². The van der Waals surface area contributed by atoms with Crippen LogP contribution in [-0.2, 0) is 9.53 Å². The summed E-state index contributed by atoms with van der Waals surface area (Å²) in [6.45, 7) is 2.03. The third kappa shape index (κ3) is 6.31. The van der Waals surface area contributed by atoms with Crippen LogP contribution >= 0.6 is 0 Å². The van der Waals surface area contributed by atoms with Gasteiger partial charge in [-0.25, -0.2) is 0 Å². The molecule has 1 amide bonds. The molecular formula is C32H25N3O6. The minimum Gasteiger partial charge on any atom is -0.507 e. The summed E-state index contributed by atoms with van der Waals surface area (Å²) in [6.07, 6.45) is 5.34. The number of nitrogens with zero attached hydrogens (tertiary/aromatic N) is 3. The Morgan fingerprint density at radius 2 is 1.56 bits per heavy atom. The number of aromatic hydroxyl groups is 1. The summed E-state index contributed by atoms with van der Waals surface area (Å²) in [4.78, 5) is 23.8. The zero-order chi connectivity index (χ0) is 28.8. The number of rotatable bonds is 8. The fourth-order valence-corrected chi connectivity index (χ4v) is 4.06. The van der Waals surface area contributed by atoms with Crippen LogP contribution in [0, 0.1) is 10.1 Å². The average Bonchev–Trinajstić information content (AvgIpc) is 3.29. The Hall–Kier alpha value is -5.70. The molecule has 204 valence electrons. The Morgan fingerprint density at radius 1 is 0.902 bits per heavy atom. The summed E-state index contributed by atoms with van der Waals surface area (Å²) in [7, 11) is 0. The standard InChI is InChI=1S/C32H25N3O6/c1-2-40-31-29(32(37)34(33-31)25-13-15-26(16-14-25)35(38)39)21-24-20-23(12-19-30(24)36)9-8-22-10-17-28(18-11-22)41-27-6-4-3-5-7-27/h3-21,36H,2H2,1H3/b9-8+,29-21+. The molecule has 1 N–H and O–H groups in total. The summed E-state index contributed by atoms with van der Waals surface area (Å²) in [6, 6.07) is 27.7. The Balaban J connectivity index is 1.35. The van der Waals surface area contributed by atoms with E-state index in [0.29, 0.717) is 11.3 Å². The molecular weight excluding hydrogens is 522 g/mol. The fraction of sp³-hybridized carbons (Fsp3) is 0.0625. The molecule has 1 heterocycles. The summed E-state index contributed by atoms with van der Waals surface area (Å²) < 4.78 is 11.4. The molecule has 0 saturated carbocycles. The first-order valence-electron chi connectivity index (χ1n) is 12.8. The number of nitro groups is 1. The fourth-order valence-electron chi connectivity index (χ4n) is 4.06. The number of phenols is 1. The van der Waals surface area contributed by atoms with Crippen LogP contribution in [0.4, 0.5) is 11.4 Å². The Kier molecular flexibility index (Phi) is 7.87. The molecule has 0 atom stereocenters. The van der Waals surface area contributed by atoms with Gasteiger partial charge >= 0.3 is 0 Å². The predicted octanol–water partition coefficient (Wildman–Crippen LogP) is 7.04. The van der Waals surface area contributed by atoms with Crippen molar-refractivity contribution in [3.8, 4) is 17.2 Å². The highest BCUT2D eigenvalue weighted by Crippen LogP contribution is 2.30. The highest BCUT2D eigenvalue weighted by atomic mass is 16.6. The first-order chi connectivity index (χ1) is 19.9. The number of benzene rings is 4. The number of anilines is 1. The molecule has 0 unspecified atom stereocenters. The summed E-state index contributed by atoms with van der Waals surface area (Å²) in [5.41, 5.74) is 2.55.